The molecule has 2 rings (SSSR count). The molecule has 1 aliphatic heterocycles. The highest BCUT2D eigenvalue weighted by atomic mass is 79.9. The van der Waals surface area contributed by atoms with Crippen LogP contribution in [0.5, 0.6) is 0 Å². The quantitative estimate of drug-likeness (QED) is 0.778. The zero-order valence-electron chi connectivity index (χ0n) is 9.46. The van der Waals surface area contributed by atoms with Crippen molar-refractivity contribution in [2.24, 2.45) is 0 Å². The van der Waals surface area contributed by atoms with E-state index in [0.29, 0.717) is 5.92 Å². The highest BCUT2D eigenvalue weighted by Crippen LogP contribution is 2.32. The maximum absolute atomic E-state index is 3.55. The van der Waals surface area contributed by atoms with Crippen molar-refractivity contribution in [3.8, 4) is 0 Å². The molecule has 0 radical (unpaired) electrons. The molecule has 1 fully saturated rings. The highest BCUT2D eigenvalue weighted by molar-refractivity contribution is 9.10. The Kier molecular flexibility index (Phi) is 3.35. The van der Waals surface area contributed by atoms with E-state index in [4.69, 9.17) is 0 Å². The second-order valence-electron chi connectivity index (χ2n) is 4.55. The van der Waals surface area contributed by atoms with Gasteiger partial charge in [0, 0.05) is 23.2 Å². The van der Waals surface area contributed by atoms with Gasteiger partial charge in [0.2, 0.25) is 0 Å². The summed E-state index contributed by atoms with van der Waals surface area (Å²) in [4.78, 5) is 2.52. The fraction of sp³-hybridized carbons (Fsp3) is 0.538. The molecule has 2 heteroatoms. The van der Waals surface area contributed by atoms with Crippen molar-refractivity contribution in [1.82, 2.24) is 0 Å². The third-order valence-electron chi connectivity index (χ3n) is 3.06. The van der Waals surface area contributed by atoms with Crippen LogP contribution >= 0.6 is 15.9 Å². The second kappa shape index (κ2) is 4.56. The number of hydrogen-bond donors (Lipinski definition) is 0. The van der Waals surface area contributed by atoms with Crippen molar-refractivity contribution in [3.63, 3.8) is 0 Å². The molecule has 0 atom stereocenters. The van der Waals surface area contributed by atoms with Crippen LogP contribution in [-0.4, -0.2) is 13.1 Å². The summed E-state index contributed by atoms with van der Waals surface area (Å²) >= 11 is 3.55. The van der Waals surface area contributed by atoms with Gasteiger partial charge in [-0.05, 0) is 42.5 Å². The van der Waals surface area contributed by atoms with Crippen molar-refractivity contribution < 1.29 is 0 Å². The van der Waals surface area contributed by atoms with Gasteiger partial charge in [-0.1, -0.05) is 29.8 Å². The van der Waals surface area contributed by atoms with E-state index in [0.717, 1.165) is 0 Å². The summed E-state index contributed by atoms with van der Waals surface area (Å²) in [5, 5.41) is 0. The van der Waals surface area contributed by atoms with Crippen LogP contribution in [0.4, 0.5) is 5.69 Å². The van der Waals surface area contributed by atoms with Crippen LogP contribution in [0.3, 0.4) is 0 Å². The number of halogens is 1. The Labute approximate surface area is 101 Å². The Balaban J connectivity index is 2.36. The summed E-state index contributed by atoms with van der Waals surface area (Å²) in [6.07, 6.45) is 2.68. The molecule has 1 aliphatic rings. The van der Waals surface area contributed by atoms with Gasteiger partial charge in [-0.3, -0.25) is 0 Å². The first-order chi connectivity index (χ1) is 7.18. The van der Waals surface area contributed by atoms with Gasteiger partial charge >= 0.3 is 0 Å². The predicted octanol–water partition coefficient (Wildman–Crippen LogP) is 4.17. The molecule has 15 heavy (non-hydrogen) atoms. The summed E-state index contributed by atoms with van der Waals surface area (Å²) in [6.45, 7) is 6.98. The van der Waals surface area contributed by atoms with E-state index in [1.165, 1.54) is 41.7 Å². The van der Waals surface area contributed by atoms with Crippen molar-refractivity contribution in [1.29, 1.82) is 0 Å². The van der Waals surface area contributed by atoms with Crippen LogP contribution in [0.25, 0.3) is 0 Å². The summed E-state index contributed by atoms with van der Waals surface area (Å²) in [6, 6.07) is 6.67. The average molecular weight is 268 g/mol. The number of hydrogen-bond acceptors (Lipinski definition) is 1. The normalized spacial score (nSPS) is 16.4. The first-order valence-electron chi connectivity index (χ1n) is 5.73. The van der Waals surface area contributed by atoms with Gasteiger partial charge in [-0.15, -0.1) is 0 Å². The van der Waals surface area contributed by atoms with Gasteiger partial charge in [-0.2, -0.15) is 0 Å². The summed E-state index contributed by atoms with van der Waals surface area (Å²) in [7, 11) is 0. The lowest BCUT2D eigenvalue weighted by molar-refractivity contribution is 0.844. The Morgan fingerprint density at radius 3 is 2.47 bits per heavy atom. The molecule has 0 unspecified atom stereocenters. The Morgan fingerprint density at radius 2 is 1.87 bits per heavy atom. The zero-order valence-corrected chi connectivity index (χ0v) is 11.0. The SMILES string of the molecule is CC(C)c1cc(Br)ccc1N1CCCC1. The molecule has 1 aromatic carbocycles. The molecule has 0 spiro atoms. The van der Waals surface area contributed by atoms with Gasteiger partial charge in [0.05, 0.1) is 0 Å². The Morgan fingerprint density at radius 1 is 1.20 bits per heavy atom. The topological polar surface area (TPSA) is 3.24 Å². The van der Waals surface area contributed by atoms with Gasteiger partial charge in [0.15, 0.2) is 0 Å². The van der Waals surface area contributed by atoms with Gasteiger partial charge < -0.3 is 4.90 Å². The van der Waals surface area contributed by atoms with Crippen LogP contribution in [0, 0.1) is 0 Å². The number of rotatable bonds is 2. The molecule has 0 bridgehead atoms. The molecule has 82 valence electrons. The van der Waals surface area contributed by atoms with E-state index in [1.54, 1.807) is 0 Å². The first kappa shape index (κ1) is 11.0. The van der Waals surface area contributed by atoms with E-state index in [1.807, 2.05) is 0 Å². The average Bonchev–Trinajstić information content (AvgIpc) is 2.70. The molecule has 1 nitrogen and oxygen atoms in total. The minimum atomic E-state index is 0.595. The monoisotopic (exact) mass is 267 g/mol. The molecular weight excluding hydrogens is 250 g/mol. The molecular formula is C13H18BrN. The lowest BCUT2D eigenvalue weighted by Crippen LogP contribution is -2.19. The van der Waals surface area contributed by atoms with Crippen LogP contribution in [-0.2, 0) is 0 Å². The minimum Gasteiger partial charge on any atom is -0.371 e. The lowest BCUT2D eigenvalue weighted by Gasteiger charge is -2.23. The van der Waals surface area contributed by atoms with E-state index >= 15 is 0 Å². The second-order valence-corrected chi connectivity index (χ2v) is 5.47. The van der Waals surface area contributed by atoms with Crippen molar-refractivity contribution in [2.75, 3.05) is 18.0 Å². The number of anilines is 1. The third-order valence-corrected chi connectivity index (χ3v) is 3.55. The minimum absolute atomic E-state index is 0.595. The standard InChI is InChI=1S/C13H18BrN/c1-10(2)12-9-11(14)5-6-13(12)15-7-3-4-8-15/h5-6,9-10H,3-4,7-8H2,1-2H3. The lowest BCUT2D eigenvalue weighted by atomic mass is 10.0. The Hall–Kier alpha value is -0.500. The van der Waals surface area contributed by atoms with E-state index in [-0.39, 0.29) is 0 Å². The predicted molar refractivity (Wildman–Crippen MR) is 69.7 cm³/mol. The maximum atomic E-state index is 3.55. The molecule has 0 N–H and O–H groups in total. The smallest absolute Gasteiger partial charge is 0.0402 e. The zero-order chi connectivity index (χ0) is 10.8. The van der Waals surface area contributed by atoms with Gasteiger partial charge in [-0.25, -0.2) is 0 Å². The molecule has 1 heterocycles. The largest absolute Gasteiger partial charge is 0.371 e. The van der Waals surface area contributed by atoms with E-state index < -0.39 is 0 Å². The van der Waals surface area contributed by atoms with Crippen LogP contribution in [0.1, 0.15) is 38.2 Å². The summed E-state index contributed by atoms with van der Waals surface area (Å²) in [5.41, 5.74) is 2.90. The van der Waals surface area contributed by atoms with E-state index in [9.17, 15) is 0 Å². The van der Waals surface area contributed by atoms with Crippen LogP contribution in [0.2, 0.25) is 0 Å². The fourth-order valence-corrected chi connectivity index (χ4v) is 2.61. The molecule has 0 saturated carbocycles. The molecule has 0 aromatic heterocycles. The van der Waals surface area contributed by atoms with Crippen LogP contribution in [0.15, 0.2) is 22.7 Å². The summed E-state index contributed by atoms with van der Waals surface area (Å²) in [5.74, 6) is 0.595. The molecule has 0 amide bonds. The Bertz CT molecular complexity index is 340. The molecule has 0 aliphatic carbocycles. The third kappa shape index (κ3) is 2.36. The number of nitrogens with zero attached hydrogens (tertiary/aromatic N) is 1. The molecule has 1 aromatic rings. The van der Waals surface area contributed by atoms with Crippen LogP contribution < -0.4 is 4.90 Å². The summed E-state index contributed by atoms with van der Waals surface area (Å²) < 4.78 is 1.19. The maximum Gasteiger partial charge on any atom is 0.0402 e. The highest BCUT2D eigenvalue weighted by Gasteiger charge is 2.17. The van der Waals surface area contributed by atoms with Crippen molar-refractivity contribution in [3.05, 3.63) is 28.2 Å². The van der Waals surface area contributed by atoms with Gasteiger partial charge in [0.1, 0.15) is 0 Å². The van der Waals surface area contributed by atoms with Gasteiger partial charge in [0.25, 0.3) is 0 Å². The molecule has 1 saturated heterocycles. The number of benzene rings is 1. The fourth-order valence-electron chi connectivity index (χ4n) is 2.23. The van der Waals surface area contributed by atoms with Crippen molar-refractivity contribution in [2.45, 2.75) is 32.6 Å². The first-order valence-corrected chi connectivity index (χ1v) is 6.52. The van der Waals surface area contributed by atoms with E-state index in [2.05, 4.69) is 52.9 Å². The van der Waals surface area contributed by atoms with Crippen molar-refractivity contribution >= 4 is 21.6 Å².